The molecule has 1 spiro atoms. The van der Waals surface area contributed by atoms with E-state index in [1.54, 1.807) is 0 Å². The SMILES string of the molecule is CC1CCCC[C@@]12CCCN2C. The van der Waals surface area contributed by atoms with Gasteiger partial charge in [0.2, 0.25) is 0 Å². The summed E-state index contributed by atoms with van der Waals surface area (Å²) in [6.45, 7) is 3.80. The van der Waals surface area contributed by atoms with Crippen LogP contribution in [0.25, 0.3) is 0 Å². The van der Waals surface area contributed by atoms with Gasteiger partial charge in [0.05, 0.1) is 0 Å². The van der Waals surface area contributed by atoms with Crippen LogP contribution in [-0.2, 0) is 0 Å². The van der Waals surface area contributed by atoms with Gasteiger partial charge in [-0.2, -0.15) is 0 Å². The lowest BCUT2D eigenvalue weighted by Crippen LogP contribution is -2.48. The third-order valence-electron chi connectivity index (χ3n) is 4.28. The average molecular weight is 167 g/mol. The molecule has 0 radical (unpaired) electrons. The molecule has 0 aromatic rings. The summed E-state index contributed by atoms with van der Waals surface area (Å²) in [5, 5.41) is 0. The van der Waals surface area contributed by atoms with Crippen molar-refractivity contribution in [2.45, 2.75) is 51.0 Å². The molecule has 70 valence electrons. The summed E-state index contributed by atoms with van der Waals surface area (Å²) in [4.78, 5) is 2.64. The van der Waals surface area contributed by atoms with Gasteiger partial charge < -0.3 is 4.90 Å². The molecule has 2 fully saturated rings. The second-order valence-electron chi connectivity index (χ2n) is 4.78. The first-order valence-electron chi connectivity index (χ1n) is 5.47. The van der Waals surface area contributed by atoms with E-state index >= 15 is 0 Å². The normalized spacial score (nSPS) is 44.0. The minimum absolute atomic E-state index is 0.623. The molecule has 1 aliphatic carbocycles. The fourth-order valence-electron chi connectivity index (χ4n) is 3.37. The van der Waals surface area contributed by atoms with Gasteiger partial charge in [-0.05, 0) is 45.2 Å². The van der Waals surface area contributed by atoms with E-state index in [0.29, 0.717) is 5.54 Å². The van der Waals surface area contributed by atoms with Crippen molar-refractivity contribution in [3.63, 3.8) is 0 Å². The van der Waals surface area contributed by atoms with Crippen molar-refractivity contribution >= 4 is 0 Å². The first kappa shape index (κ1) is 8.55. The van der Waals surface area contributed by atoms with Crippen LogP contribution in [0, 0.1) is 5.92 Å². The van der Waals surface area contributed by atoms with Crippen LogP contribution in [0.3, 0.4) is 0 Å². The van der Waals surface area contributed by atoms with E-state index in [-0.39, 0.29) is 0 Å². The Bertz CT molecular complexity index is 166. The summed E-state index contributed by atoms with van der Waals surface area (Å²) in [5.74, 6) is 0.943. The van der Waals surface area contributed by atoms with E-state index in [4.69, 9.17) is 0 Å². The highest BCUT2D eigenvalue weighted by Crippen LogP contribution is 2.44. The lowest BCUT2D eigenvalue weighted by molar-refractivity contribution is 0.0639. The van der Waals surface area contributed by atoms with E-state index in [2.05, 4.69) is 18.9 Å². The standard InChI is InChI=1S/C11H21N/c1-10-6-3-4-7-11(10)8-5-9-12(11)2/h10H,3-9H2,1-2H3/t10?,11-/m1/s1. The summed E-state index contributed by atoms with van der Waals surface area (Å²) in [6.07, 6.45) is 8.76. The largest absolute Gasteiger partial charge is 0.300 e. The Labute approximate surface area is 76.1 Å². The third kappa shape index (κ3) is 1.10. The van der Waals surface area contributed by atoms with Crippen LogP contribution < -0.4 is 0 Å². The van der Waals surface area contributed by atoms with E-state index < -0.39 is 0 Å². The van der Waals surface area contributed by atoms with Crippen LogP contribution in [0.1, 0.15) is 45.4 Å². The molecular formula is C11H21N. The number of hydrogen-bond acceptors (Lipinski definition) is 1. The van der Waals surface area contributed by atoms with E-state index in [9.17, 15) is 0 Å². The summed E-state index contributed by atoms with van der Waals surface area (Å²) in [6, 6.07) is 0. The molecule has 1 heteroatoms. The number of rotatable bonds is 0. The van der Waals surface area contributed by atoms with E-state index in [1.807, 2.05) is 0 Å². The van der Waals surface area contributed by atoms with Crippen LogP contribution in [0.5, 0.6) is 0 Å². The van der Waals surface area contributed by atoms with Crippen LogP contribution in [0.2, 0.25) is 0 Å². The Kier molecular flexibility index (Phi) is 2.16. The Balaban J connectivity index is 2.15. The maximum Gasteiger partial charge on any atom is 0.0232 e. The summed E-state index contributed by atoms with van der Waals surface area (Å²) in [7, 11) is 2.33. The Morgan fingerprint density at radius 2 is 1.92 bits per heavy atom. The van der Waals surface area contributed by atoms with Crippen LogP contribution in [-0.4, -0.2) is 24.0 Å². The first-order valence-corrected chi connectivity index (χ1v) is 5.47. The van der Waals surface area contributed by atoms with Crippen LogP contribution >= 0.6 is 0 Å². The minimum atomic E-state index is 0.623. The van der Waals surface area contributed by atoms with Gasteiger partial charge in [-0.15, -0.1) is 0 Å². The summed E-state index contributed by atoms with van der Waals surface area (Å²) >= 11 is 0. The molecule has 0 amide bonds. The molecule has 0 aromatic carbocycles. The van der Waals surface area contributed by atoms with Crippen molar-refractivity contribution in [3.8, 4) is 0 Å². The zero-order chi connectivity index (χ0) is 8.60. The summed E-state index contributed by atoms with van der Waals surface area (Å²) in [5.41, 5.74) is 0.623. The fourth-order valence-corrected chi connectivity index (χ4v) is 3.37. The van der Waals surface area contributed by atoms with Crippen molar-refractivity contribution in [1.82, 2.24) is 4.90 Å². The maximum absolute atomic E-state index is 2.64. The fraction of sp³-hybridized carbons (Fsp3) is 1.00. The smallest absolute Gasteiger partial charge is 0.0232 e. The predicted molar refractivity (Wildman–Crippen MR) is 52.2 cm³/mol. The predicted octanol–water partition coefficient (Wildman–Crippen LogP) is 2.66. The van der Waals surface area contributed by atoms with E-state index in [1.165, 1.54) is 45.1 Å². The number of nitrogens with zero attached hydrogens (tertiary/aromatic N) is 1. The molecule has 1 unspecified atom stereocenters. The monoisotopic (exact) mass is 167 g/mol. The van der Waals surface area contributed by atoms with Crippen molar-refractivity contribution in [2.24, 2.45) is 5.92 Å². The molecule has 0 N–H and O–H groups in total. The quantitative estimate of drug-likeness (QED) is 0.536. The average Bonchev–Trinajstić information content (AvgIpc) is 2.41. The molecule has 2 rings (SSSR count). The molecule has 0 bridgehead atoms. The molecule has 2 aliphatic rings. The van der Waals surface area contributed by atoms with Crippen molar-refractivity contribution in [3.05, 3.63) is 0 Å². The second kappa shape index (κ2) is 3.02. The molecule has 1 saturated heterocycles. The lowest BCUT2D eigenvalue weighted by Gasteiger charge is -2.45. The second-order valence-corrected chi connectivity index (χ2v) is 4.78. The number of hydrogen-bond donors (Lipinski definition) is 0. The lowest BCUT2D eigenvalue weighted by atomic mass is 9.72. The molecule has 1 heterocycles. The van der Waals surface area contributed by atoms with Gasteiger partial charge in [-0.1, -0.05) is 19.8 Å². The highest BCUT2D eigenvalue weighted by molar-refractivity contribution is 4.99. The van der Waals surface area contributed by atoms with Crippen LogP contribution in [0.4, 0.5) is 0 Å². The van der Waals surface area contributed by atoms with Crippen molar-refractivity contribution < 1.29 is 0 Å². The van der Waals surface area contributed by atoms with Gasteiger partial charge in [-0.3, -0.25) is 0 Å². The van der Waals surface area contributed by atoms with Crippen molar-refractivity contribution in [1.29, 1.82) is 0 Å². The number of likely N-dealkylation sites (tertiary alicyclic amines) is 1. The van der Waals surface area contributed by atoms with Gasteiger partial charge >= 0.3 is 0 Å². The molecule has 0 aromatic heterocycles. The molecular weight excluding hydrogens is 146 g/mol. The molecule has 12 heavy (non-hydrogen) atoms. The zero-order valence-electron chi connectivity index (χ0n) is 8.47. The van der Waals surface area contributed by atoms with Gasteiger partial charge in [0, 0.05) is 5.54 Å². The first-order chi connectivity index (χ1) is 5.76. The third-order valence-corrected chi connectivity index (χ3v) is 4.28. The summed E-state index contributed by atoms with van der Waals surface area (Å²) < 4.78 is 0. The zero-order valence-corrected chi connectivity index (χ0v) is 8.47. The highest BCUT2D eigenvalue weighted by Gasteiger charge is 2.43. The molecule has 1 saturated carbocycles. The van der Waals surface area contributed by atoms with E-state index in [0.717, 1.165) is 5.92 Å². The molecule has 2 atom stereocenters. The Morgan fingerprint density at radius 1 is 1.17 bits per heavy atom. The van der Waals surface area contributed by atoms with Gasteiger partial charge in [0.1, 0.15) is 0 Å². The van der Waals surface area contributed by atoms with Gasteiger partial charge in [-0.25, -0.2) is 0 Å². The van der Waals surface area contributed by atoms with Gasteiger partial charge in [0.15, 0.2) is 0 Å². The van der Waals surface area contributed by atoms with Crippen LogP contribution in [0.15, 0.2) is 0 Å². The minimum Gasteiger partial charge on any atom is -0.300 e. The highest BCUT2D eigenvalue weighted by atomic mass is 15.2. The maximum atomic E-state index is 2.64. The Morgan fingerprint density at radius 3 is 2.50 bits per heavy atom. The molecule has 1 aliphatic heterocycles. The van der Waals surface area contributed by atoms with Gasteiger partial charge in [0.25, 0.3) is 0 Å². The molecule has 1 nitrogen and oxygen atoms in total. The Hall–Kier alpha value is -0.0400. The topological polar surface area (TPSA) is 3.24 Å². The van der Waals surface area contributed by atoms with Crippen molar-refractivity contribution in [2.75, 3.05) is 13.6 Å².